The van der Waals surface area contributed by atoms with Crippen molar-refractivity contribution >= 4 is 28.1 Å². The van der Waals surface area contributed by atoms with Gasteiger partial charge in [-0.3, -0.25) is 9.80 Å². The number of allylic oxidation sites excluding steroid dienone is 2. The Hall–Kier alpha value is -3.84. The Labute approximate surface area is 199 Å². The van der Waals surface area contributed by atoms with Crippen molar-refractivity contribution in [1.29, 1.82) is 0 Å². The molecule has 7 heteroatoms. The predicted octanol–water partition coefficient (Wildman–Crippen LogP) is 4.26. The van der Waals surface area contributed by atoms with Crippen molar-refractivity contribution < 1.29 is 9.53 Å². The molecule has 2 aromatic carbocycles. The van der Waals surface area contributed by atoms with Crippen molar-refractivity contribution in [1.82, 2.24) is 20.3 Å². The van der Waals surface area contributed by atoms with E-state index in [1.807, 2.05) is 54.8 Å². The van der Waals surface area contributed by atoms with E-state index in [2.05, 4.69) is 39.8 Å². The number of likely N-dealkylation sites (tertiary alicyclic amines) is 1. The second kappa shape index (κ2) is 9.57. The lowest BCUT2D eigenvalue weighted by Gasteiger charge is -2.29. The minimum atomic E-state index is -0.206. The molecule has 0 unspecified atom stereocenters. The molecule has 0 atom stereocenters. The van der Waals surface area contributed by atoms with Crippen molar-refractivity contribution in [2.45, 2.75) is 18.9 Å². The molecule has 2 N–H and O–H groups in total. The van der Waals surface area contributed by atoms with E-state index in [1.54, 1.807) is 18.3 Å². The highest BCUT2D eigenvalue weighted by Gasteiger charge is 2.18. The highest BCUT2D eigenvalue weighted by atomic mass is 16.5. The third-order valence-corrected chi connectivity index (χ3v) is 6.24. The molecule has 34 heavy (non-hydrogen) atoms. The van der Waals surface area contributed by atoms with Crippen LogP contribution in [0.4, 0.5) is 5.82 Å². The average molecular weight is 456 g/mol. The molecule has 5 rings (SSSR count). The molecule has 7 nitrogen and oxygen atoms in total. The number of ether oxygens (including phenoxy) is 1. The fraction of sp³-hybridized carbons (Fsp3) is 0.259. The van der Waals surface area contributed by atoms with Crippen LogP contribution >= 0.6 is 0 Å². The number of anilines is 1. The van der Waals surface area contributed by atoms with E-state index >= 15 is 0 Å². The van der Waals surface area contributed by atoms with Crippen molar-refractivity contribution in [2.75, 3.05) is 32.5 Å². The predicted molar refractivity (Wildman–Crippen MR) is 135 cm³/mol. The average Bonchev–Trinajstić information content (AvgIpc) is 2.85. The molecule has 0 radical (unpaired) electrons. The van der Waals surface area contributed by atoms with Crippen LogP contribution in [0.5, 0.6) is 5.75 Å². The molecule has 1 amide bonds. The lowest BCUT2D eigenvalue weighted by Crippen LogP contribution is -2.35. The Bertz CT molecular complexity index is 1260. The van der Waals surface area contributed by atoms with Gasteiger partial charge in [-0.05, 0) is 67.2 Å². The van der Waals surface area contributed by atoms with Gasteiger partial charge < -0.3 is 20.4 Å². The van der Waals surface area contributed by atoms with Crippen LogP contribution in [0.1, 0.15) is 28.8 Å². The molecule has 174 valence electrons. The van der Waals surface area contributed by atoms with Crippen LogP contribution in [0.25, 0.3) is 16.3 Å². The smallest absolute Gasteiger partial charge is 0.256 e. The molecule has 0 saturated carbocycles. The van der Waals surface area contributed by atoms with Gasteiger partial charge in [-0.15, -0.1) is 0 Å². The van der Waals surface area contributed by atoms with Crippen LogP contribution < -0.4 is 15.5 Å². The zero-order valence-corrected chi connectivity index (χ0v) is 19.5. The molecule has 2 aliphatic heterocycles. The van der Waals surface area contributed by atoms with Gasteiger partial charge in [0.1, 0.15) is 17.7 Å². The second-order valence-corrected chi connectivity index (χ2v) is 8.89. The number of benzene rings is 2. The Morgan fingerprint density at radius 2 is 1.94 bits per heavy atom. The van der Waals surface area contributed by atoms with Gasteiger partial charge in [0.05, 0.1) is 0 Å². The number of nitrogens with one attached hydrogen (secondary N) is 2. The second-order valence-electron chi connectivity index (χ2n) is 8.89. The summed E-state index contributed by atoms with van der Waals surface area (Å²) in [6, 6.07) is 15.5. The standard InChI is InChI=1S/C27H29N5O2/c1-31-12-9-24(10-13-31)34-25-5-3-4-20(15-25)27(33)30-26-16-23-14-19(6-7-21(23)17-28-26)22-8-11-29-32(2)18-22/h3-8,11,14-18,24,29H,9-10,12-13H2,1-2H3,(H,28,30,33). The van der Waals surface area contributed by atoms with Gasteiger partial charge in [0, 0.05) is 55.3 Å². The fourth-order valence-corrected chi connectivity index (χ4v) is 4.29. The maximum absolute atomic E-state index is 12.9. The first-order valence-electron chi connectivity index (χ1n) is 11.6. The number of carbonyl (C=O) groups is 1. The van der Waals surface area contributed by atoms with Crippen molar-refractivity contribution in [3.63, 3.8) is 0 Å². The molecule has 1 aromatic heterocycles. The summed E-state index contributed by atoms with van der Waals surface area (Å²) in [6.07, 6.45) is 9.94. The van der Waals surface area contributed by atoms with E-state index in [-0.39, 0.29) is 12.0 Å². The maximum atomic E-state index is 12.9. The third-order valence-electron chi connectivity index (χ3n) is 6.24. The number of nitrogens with zero attached hydrogens (tertiary/aromatic N) is 3. The van der Waals surface area contributed by atoms with E-state index in [4.69, 9.17) is 4.74 Å². The highest BCUT2D eigenvalue weighted by molar-refractivity contribution is 6.04. The summed E-state index contributed by atoms with van der Waals surface area (Å²) in [5.74, 6) is 1.04. The first-order chi connectivity index (χ1) is 16.5. The number of fused-ring (bicyclic) bond motifs is 1. The van der Waals surface area contributed by atoms with Gasteiger partial charge in [0.2, 0.25) is 0 Å². The molecular formula is C27H29N5O2. The van der Waals surface area contributed by atoms with Crippen LogP contribution in [0.2, 0.25) is 0 Å². The number of aromatic nitrogens is 1. The van der Waals surface area contributed by atoms with Gasteiger partial charge in [-0.25, -0.2) is 4.98 Å². The van der Waals surface area contributed by atoms with Gasteiger partial charge in [0.25, 0.3) is 5.91 Å². The summed E-state index contributed by atoms with van der Waals surface area (Å²) in [5, 5.41) is 6.87. The minimum Gasteiger partial charge on any atom is -0.490 e. The first kappa shape index (κ1) is 22.0. The van der Waals surface area contributed by atoms with Crippen molar-refractivity contribution in [2.24, 2.45) is 0 Å². The van der Waals surface area contributed by atoms with Gasteiger partial charge in [-0.2, -0.15) is 0 Å². The molecular weight excluding hydrogens is 426 g/mol. The zero-order valence-electron chi connectivity index (χ0n) is 19.5. The lowest BCUT2D eigenvalue weighted by atomic mass is 10.0. The van der Waals surface area contributed by atoms with Crippen LogP contribution in [-0.2, 0) is 0 Å². The number of hydrogen-bond acceptors (Lipinski definition) is 6. The topological polar surface area (TPSA) is 69.7 Å². The van der Waals surface area contributed by atoms with Crippen LogP contribution in [0, 0.1) is 0 Å². The number of hydrazine groups is 1. The summed E-state index contributed by atoms with van der Waals surface area (Å²) in [6.45, 7) is 2.06. The van der Waals surface area contributed by atoms with E-state index in [9.17, 15) is 4.79 Å². The zero-order chi connectivity index (χ0) is 23.5. The minimum absolute atomic E-state index is 0.190. The SMILES string of the molecule is CN1CCC(Oc2cccc(C(=O)Nc3cc4cc(C5=CN(C)NC=C5)ccc4cn3)c2)CC1. The number of amides is 1. The molecule has 0 spiro atoms. The summed E-state index contributed by atoms with van der Waals surface area (Å²) >= 11 is 0. The highest BCUT2D eigenvalue weighted by Crippen LogP contribution is 2.25. The van der Waals surface area contributed by atoms with E-state index in [1.165, 1.54) is 0 Å². The Kier molecular flexibility index (Phi) is 6.18. The third kappa shape index (κ3) is 5.05. The monoisotopic (exact) mass is 455 g/mol. The van der Waals surface area contributed by atoms with E-state index in [0.29, 0.717) is 11.4 Å². The van der Waals surface area contributed by atoms with Crippen LogP contribution in [0.3, 0.4) is 0 Å². The molecule has 0 aliphatic carbocycles. The Morgan fingerprint density at radius 1 is 1.09 bits per heavy atom. The molecule has 1 fully saturated rings. The molecule has 3 heterocycles. The largest absolute Gasteiger partial charge is 0.490 e. The summed E-state index contributed by atoms with van der Waals surface area (Å²) < 4.78 is 6.14. The number of carbonyl (C=O) groups excluding carboxylic acids is 1. The number of pyridine rings is 1. The number of hydrogen-bond donors (Lipinski definition) is 2. The van der Waals surface area contributed by atoms with E-state index < -0.39 is 0 Å². The lowest BCUT2D eigenvalue weighted by molar-refractivity contribution is 0.102. The molecule has 1 saturated heterocycles. The Balaban J connectivity index is 1.31. The summed E-state index contributed by atoms with van der Waals surface area (Å²) in [4.78, 5) is 19.7. The first-order valence-corrected chi connectivity index (χ1v) is 11.6. The van der Waals surface area contributed by atoms with Crippen molar-refractivity contribution in [3.05, 3.63) is 84.3 Å². The quantitative estimate of drug-likeness (QED) is 0.599. The van der Waals surface area contributed by atoms with Crippen molar-refractivity contribution in [3.8, 4) is 5.75 Å². The van der Waals surface area contributed by atoms with Crippen LogP contribution in [-0.4, -0.2) is 54.1 Å². The number of rotatable bonds is 5. The number of piperidine rings is 1. The molecule has 3 aromatic rings. The van der Waals surface area contributed by atoms with E-state index in [0.717, 1.165) is 53.6 Å². The molecule has 2 aliphatic rings. The summed E-state index contributed by atoms with van der Waals surface area (Å²) in [7, 11) is 4.08. The van der Waals surface area contributed by atoms with Gasteiger partial charge >= 0.3 is 0 Å². The summed E-state index contributed by atoms with van der Waals surface area (Å²) in [5.41, 5.74) is 5.85. The Morgan fingerprint density at radius 3 is 2.76 bits per heavy atom. The normalized spacial score (nSPS) is 16.8. The molecule has 0 bridgehead atoms. The maximum Gasteiger partial charge on any atom is 0.256 e. The van der Waals surface area contributed by atoms with Crippen LogP contribution in [0.15, 0.2) is 73.2 Å². The van der Waals surface area contributed by atoms with Gasteiger partial charge in [-0.1, -0.05) is 18.2 Å². The van der Waals surface area contributed by atoms with Gasteiger partial charge in [0.15, 0.2) is 0 Å². The fourth-order valence-electron chi connectivity index (χ4n) is 4.29.